The molecule has 0 aliphatic rings. The molecule has 0 aliphatic heterocycles. The number of hydrogen-bond donors (Lipinski definition) is 1. The van der Waals surface area contributed by atoms with Gasteiger partial charge in [0.05, 0.1) is 6.54 Å². The van der Waals surface area contributed by atoms with Crippen molar-refractivity contribution in [3.8, 4) is 5.75 Å². The lowest BCUT2D eigenvalue weighted by Crippen LogP contribution is -2.29. The zero-order chi connectivity index (χ0) is 18.4. The predicted molar refractivity (Wildman–Crippen MR) is 84.4 cm³/mol. The average Bonchev–Trinajstić information content (AvgIpc) is 2.44. The minimum Gasteiger partial charge on any atom is -0.435 e. The highest BCUT2D eigenvalue weighted by Crippen LogP contribution is 2.17. The Kier molecular flexibility index (Phi) is 6.35. The molecule has 0 radical (unpaired) electrons. The van der Waals surface area contributed by atoms with E-state index in [1.54, 1.807) is 24.1 Å². The summed E-state index contributed by atoms with van der Waals surface area (Å²) in [5.74, 6) is -2.02. The standard InChI is InChI=1S/C17H16F4N2O2/c1-23(9-11-3-2-4-15(5-11)25-17(20)21)10-16(24)22-14-7-12(18)6-13(19)8-14/h2-8,17H,9-10H2,1H3,(H,22,24). The maximum atomic E-state index is 13.1. The Morgan fingerprint density at radius 3 is 2.48 bits per heavy atom. The van der Waals surface area contributed by atoms with E-state index in [1.165, 1.54) is 12.1 Å². The summed E-state index contributed by atoms with van der Waals surface area (Å²) in [6, 6.07) is 8.84. The molecular weight excluding hydrogens is 340 g/mol. The quantitative estimate of drug-likeness (QED) is 0.771. The van der Waals surface area contributed by atoms with Gasteiger partial charge in [-0.05, 0) is 36.9 Å². The molecule has 1 N–H and O–H groups in total. The normalized spacial score (nSPS) is 11.0. The molecule has 0 spiro atoms. The lowest BCUT2D eigenvalue weighted by molar-refractivity contribution is -0.117. The zero-order valence-corrected chi connectivity index (χ0v) is 13.3. The molecule has 0 unspecified atom stereocenters. The van der Waals surface area contributed by atoms with Crippen LogP contribution in [-0.4, -0.2) is 31.0 Å². The number of rotatable bonds is 7. The van der Waals surface area contributed by atoms with E-state index in [9.17, 15) is 22.4 Å². The summed E-state index contributed by atoms with van der Waals surface area (Å²) in [5, 5.41) is 2.39. The summed E-state index contributed by atoms with van der Waals surface area (Å²) in [7, 11) is 1.65. The summed E-state index contributed by atoms with van der Waals surface area (Å²) in [4.78, 5) is 13.5. The molecule has 0 saturated carbocycles. The smallest absolute Gasteiger partial charge is 0.387 e. The van der Waals surface area contributed by atoms with Gasteiger partial charge in [-0.3, -0.25) is 9.69 Å². The van der Waals surface area contributed by atoms with Crippen molar-refractivity contribution in [3.63, 3.8) is 0 Å². The number of hydrogen-bond acceptors (Lipinski definition) is 3. The third kappa shape index (κ3) is 6.42. The topological polar surface area (TPSA) is 41.6 Å². The lowest BCUT2D eigenvalue weighted by Gasteiger charge is -2.17. The molecule has 134 valence electrons. The molecule has 0 aromatic heterocycles. The van der Waals surface area contributed by atoms with Crippen molar-refractivity contribution in [2.45, 2.75) is 13.2 Å². The number of nitrogens with zero attached hydrogens (tertiary/aromatic N) is 1. The molecular formula is C17H16F4N2O2. The predicted octanol–water partition coefficient (Wildman–Crippen LogP) is 3.64. The van der Waals surface area contributed by atoms with Gasteiger partial charge in [0.15, 0.2) is 0 Å². The highest BCUT2D eigenvalue weighted by molar-refractivity contribution is 5.92. The van der Waals surface area contributed by atoms with Gasteiger partial charge in [0.25, 0.3) is 0 Å². The van der Waals surface area contributed by atoms with E-state index >= 15 is 0 Å². The van der Waals surface area contributed by atoms with Crippen LogP contribution in [0.2, 0.25) is 0 Å². The minimum absolute atomic E-state index is 0.0169. The number of likely N-dealkylation sites (N-methyl/N-ethyl adjacent to an activating group) is 1. The molecule has 4 nitrogen and oxygen atoms in total. The first kappa shape index (κ1) is 18.7. The van der Waals surface area contributed by atoms with E-state index in [-0.39, 0.29) is 18.0 Å². The fraction of sp³-hybridized carbons (Fsp3) is 0.235. The highest BCUT2D eigenvalue weighted by atomic mass is 19.3. The van der Waals surface area contributed by atoms with E-state index in [2.05, 4.69) is 10.1 Å². The zero-order valence-electron chi connectivity index (χ0n) is 13.3. The largest absolute Gasteiger partial charge is 0.435 e. The van der Waals surface area contributed by atoms with Crippen molar-refractivity contribution in [1.29, 1.82) is 0 Å². The lowest BCUT2D eigenvalue weighted by atomic mass is 10.2. The minimum atomic E-state index is -2.91. The van der Waals surface area contributed by atoms with Crippen molar-refractivity contribution in [1.82, 2.24) is 4.90 Å². The summed E-state index contributed by atoms with van der Waals surface area (Å²) in [6.07, 6.45) is 0. The van der Waals surface area contributed by atoms with E-state index < -0.39 is 24.2 Å². The van der Waals surface area contributed by atoms with Gasteiger partial charge in [0.2, 0.25) is 5.91 Å². The van der Waals surface area contributed by atoms with Crippen molar-refractivity contribution >= 4 is 11.6 Å². The first-order chi connectivity index (χ1) is 11.8. The van der Waals surface area contributed by atoms with Gasteiger partial charge in [0.1, 0.15) is 17.4 Å². The molecule has 8 heteroatoms. The monoisotopic (exact) mass is 356 g/mol. The second kappa shape index (κ2) is 8.48. The molecule has 0 atom stereocenters. The van der Waals surface area contributed by atoms with Crippen LogP contribution in [0.5, 0.6) is 5.75 Å². The van der Waals surface area contributed by atoms with Crippen LogP contribution in [0.3, 0.4) is 0 Å². The molecule has 2 rings (SSSR count). The Balaban J connectivity index is 1.91. The number of halogens is 4. The SMILES string of the molecule is CN(CC(=O)Nc1cc(F)cc(F)c1)Cc1cccc(OC(F)F)c1. The summed E-state index contributed by atoms with van der Waals surface area (Å²) >= 11 is 0. The van der Waals surface area contributed by atoms with Gasteiger partial charge in [-0.15, -0.1) is 0 Å². The molecule has 1 amide bonds. The number of carbonyl (C=O) groups excluding carboxylic acids is 1. The first-order valence-corrected chi connectivity index (χ1v) is 7.30. The Hall–Kier alpha value is -2.61. The Labute approximate surface area is 142 Å². The van der Waals surface area contributed by atoms with Crippen LogP contribution in [0.15, 0.2) is 42.5 Å². The Morgan fingerprint density at radius 2 is 1.84 bits per heavy atom. The molecule has 0 saturated heterocycles. The summed E-state index contributed by atoms with van der Waals surface area (Å²) < 4.78 is 54.9. The van der Waals surface area contributed by atoms with Crippen LogP contribution in [-0.2, 0) is 11.3 Å². The number of ether oxygens (including phenoxy) is 1. The van der Waals surface area contributed by atoms with Gasteiger partial charge < -0.3 is 10.1 Å². The number of alkyl halides is 2. The van der Waals surface area contributed by atoms with E-state index in [0.29, 0.717) is 18.2 Å². The van der Waals surface area contributed by atoms with E-state index in [0.717, 1.165) is 12.1 Å². The third-order valence-electron chi connectivity index (χ3n) is 3.14. The Bertz CT molecular complexity index is 720. The maximum Gasteiger partial charge on any atom is 0.387 e. The van der Waals surface area contributed by atoms with Gasteiger partial charge in [0, 0.05) is 18.3 Å². The summed E-state index contributed by atoms with van der Waals surface area (Å²) in [6.45, 7) is -2.67. The van der Waals surface area contributed by atoms with Crippen molar-refractivity contribution in [2.75, 3.05) is 18.9 Å². The van der Waals surface area contributed by atoms with E-state index in [4.69, 9.17) is 0 Å². The van der Waals surface area contributed by atoms with Crippen LogP contribution < -0.4 is 10.1 Å². The number of carbonyl (C=O) groups is 1. The van der Waals surface area contributed by atoms with Crippen LogP contribution in [0.1, 0.15) is 5.56 Å². The molecule has 0 heterocycles. The number of nitrogens with one attached hydrogen (secondary N) is 1. The van der Waals surface area contributed by atoms with Gasteiger partial charge >= 0.3 is 6.61 Å². The highest BCUT2D eigenvalue weighted by Gasteiger charge is 2.10. The van der Waals surface area contributed by atoms with Crippen molar-refractivity contribution in [2.24, 2.45) is 0 Å². The fourth-order valence-corrected chi connectivity index (χ4v) is 2.26. The second-order valence-electron chi connectivity index (χ2n) is 5.40. The van der Waals surface area contributed by atoms with Crippen LogP contribution in [0.4, 0.5) is 23.2 Å². The van der Waals surface area contributed by atoms with Crippen LogP contribution in [0.25, 0.3) is 0 Å². The van der Waals surface area contributed by atoms with Gasteiger partial charge in [-0.2, -0.15) is 8.78 Å². The third-order valence-corrected chi connectivity index (χ3v) is 3.14. The van der Waals surface area contributed by atoms with Crippen molar-refractivity contribution in [3.05, 3.63) is 59.7 Å². The van der Waals surface area contributed by atoms with E-state index in [1.807, 2.05) is 0 Å². The van der Waals surface area contributed by atoms with Crippen LogP contribution in [0, 0.1) is 11.6 Å². The average molecular weight is 356 g/mol. The number of benzene rings is 2. The number of amides is 1. The first-order valence-electron chi connectivity index (χ1n) is 7.30. The molecule has 0 fully saturated rings. The number of anilines is 1. The van der Waals surface area contributed by atoms with Gasteiger partial charge in [-0.25, -0.2) is 8.78 Å². The molecule has 0 aliphatic carbocycles. The molecule has 2 aromatic rings. The molecule has 25 heavy (non-hydrogen) atoms. The fourth-order valence-electron chi connectivity index (χ4n) is 2.26. The van der Waals surface area contributed by atoms with Gasteiger partial charge in [-0.1, -0.05) is 12.1 Å². The molecule has 0 bridgehead atoms. The molecule has 2 aromatic carbocycles. The Morgan fingerprint density at radius 1 is 1.16 bits per heavy atom. The summed E-state index contributed by atoms with van der Waals surface area (Å²) in [5.41, 5.74) is 0.688. The maximum absolute atomic E-state index is 13.1. The second-order valence-corrected chi connectivity index (χ2v) is 5.40. The van der Waals surface area contributed by atoms with Crippen LogP contribution >= 0.6 is 0 Å². The van der Waals surface area contributed by atoms with Crippen molar-refractivity contribution < 1.29 is 27.1 Å².